The van der Waals surface area contributed by atoms with Gasteiger partial charge in [0.1, 0.15) is 11.6 Å². The fourth-order valence-electron chi connectivity index (χ4n) is 2.51. The first-order chi connectivity index (χ1) is 9.54. The molecule has 0 radical (unpaired) electrons. The van der Waals surface area contributed by atoms with Crippen molar-refractivity contribution < 1.29 is 0 Å². The number of nitrogen functional groups attached to an aromatic ring is 1. The highest BCUT2D eigenvalue weighted by Crippen LogP contribution is 2.27. The van der Waals surface area contributed by atoms with Crippen LogP contribution in [0.25, 0.3) is 16.9 Å². The Morgan fingerprint density at radius 3 is 2.75 bits per heavy atom. The van der Waals surface area contributed by atoms with E-state index < -0.39 is 0 Å². The van der Waals surface area contributed by atoms with E-state index in [1.54, 1.807) is 9.25 Å². The van der Waals surface area contributed by atoms with Gasteiger partial charge >= 0.3 is 0 Å². The summed E-state index contributed by atoms with van der Waals surface area (Å²) in [7, 11) is 1.84. The van der Waals surface area contributed by atoms with Gasteiger partial charge in [-0.15, -0.1) is 0 Å². The summed E-state index contributed by atoms with van der Waals surface area (Å²) < 4.78 is 3.51. The number of fused-ring (bicyclic) bond motifs is 1. The molecule has 2 heterocycles. The molecule has 0 bridgehead atoms. The molecule has 0 aliphatic heterocycles. The number of hydrogen-bond acceptors (Lipinski definition) is 4. The van der Waals surface area contributed by atoms with Crippen molar-refractivity contribution in [2.24, 2.45) is 7.05 Å². The average molecular weight is 266 g/mol. The molecule has 2 N–H and O–H groups in total. The Morgan fingerprint density at radius 1 is 1.30 bits per heavy atom. The second-order valence-corrected chi connectivity index (χ2v) is 4.77. The smallest absolute Gasteiger partial charge is 0.207 e. The van der Waals surface area contributed by atoms with Crippen molar-refractivity contribution in [1.82, 2.24) is 19.3 Å². The predicted octanol–water partition coefficient (Wildman–Crippen LogP) is 1.83. The van der Waals surface area contributed by atoms with E-state index in [0.717, 1.165) is 28.1 Å². The largest absolute Gasteiger partial charge is 0.369 e. The van der Waals surface area contributed by atoms with Gasteiger partial charge in [-0.05, 0) is 25.5 Å². The normalized spacial score (nSPS) is 10.9. The van der Waals surface area contributed by atoms with Crippen LogP contribution in [0.1, 0.15) is 16.8 Å². The number of rotatable bonds is 1. The molecule has 1 aromatic carbocycles. The number of imidazole rings is 1. The van der Waals surface area contributed by atoms with Crippen molar-refractivity contribution in [3.8, 4) is 11.8 Å². The standard InChI is InChI=1S/C14H14N6/c1-8-5-4-6-11(10(8)7-15)20-13-12(17-14(20)16)9(2)18-19(13)3/h4-6H,1-3H3,(H2,16,17). The van der Waals surface area contributed by atoms with Crippen molar-refractivity contribution in [1.29, 1.82) is 5.26 Å². The second-order valence-electron chi connectivity index (χ2n) is 4.77. The number of benzene rings is 1. The van der Waals surface area contributed by atoms with Gasteiger partial charge in [0.05, 0.1) is 16.9 Å². The maximum absolute atomic E-state index is 9.39. The lowest BCUT2D eigenvalue weighted by Gasteiger charge is -2.10. The molecule has 20 heavy (non-hydrogen) atoms. The first kappa shape index (κ1) is 12.2. The van der Waals surface area contributed by atoms with Crippen molar-refractivity contribution in [3.05, 3.63) is 35.0 Å². The van der Waals surface area contributed by atoms with E-state index in [1.807, 2.05) is 39.1 Å². The van der Waals surface area contributed by atoms with E-state index in [2.05, 4.69) is 16.2 Å². The van der Waals surface area contributed by atoms with Crippen molar-refractivity contribution in [3.63, 3.8) is 0 Å². The molecule has 0 spiro atoms. The van der Waals surface area contributed by atoms with E-state index in [4.69, 9.17) is 5.73 Å². The molecule has 6 heteroatoms. The number of aromatic nitrogens is 4. The second kappa shape index (κ2) is 4.10. The van der Waals surface area contributed by atoms with Gasteiger partial charge in [-0.25, -0.2) is 9.67 Å². The molecule has 3 rings (SSSR count). The van der Waals surface area contributed by atoms with Crippen LogP contribution in [0.2, 0.25) is 0 Å². The zero-order valence-corrected chi connectivity index (χ0v) is 11.5. The van der Waals surface area contributed by atoms with E-state index in [-0.39, 0.29) is 0 Å². The Kier molecular flexibility index (Phi) is 2.51. The van der Waals surface area contributed by atoms with Gasteiger partial charge in [0.15, 0.2) is 5.65 Å². The predicted molar refractivity (Wildman–Crippen MR) is 76.4 cm³/mol. The lowest BCUT2D eigenvalue weighted by atomic mass is 10.1. The summed E-state index contributed by atoms with van der Waals surface area (Å²) in [5.41, 5.74) is 10.6. The molecular weight excluding hydrogens is 252 g/mol. The number of hydrogen-bond donors (Lipinski definition) is 1. The van der Waals surface area contributed by atoms with E-state index in [9.17, 15) is 5.26 Å². The van der Waals surface area contributed by atoms with Gasteiger partial charge in [-0.1, -0.05) is 12.1 Å². The Labute approximate surface area is 116 Å². The third-order valence-electron chi connectivity index (χ3n) is 3.43. The maximum atomic E-state index is 9.39. The summed E-state index contributed by atoms with van der Waals surface area (Å²) in [5, 5.41) is 13.7. The van der Waals surface area contributed by atoms with Gasteiger partial charge in [0.2, 0.25) is 5.95 Å². The van der Waals surface area contributed by atoms with E-state index in [1.165, 1.54) is 0 Å². The molecule has 0 amide bonds. The fraction of sp³-hybridized carbons (Fsp3) is 0.214. The van der Waals surface area contributed by atoms with Crippen LogP contribution in [0.5, 0.6) is 0 Å². The SMILES string of the molecule is Cc1cccc(-n2c(N)nc3c(C)nn(C)c32)c1C#N. The number of nitrogens with two attached hydrogens (primary N) is 1. The Hall–Kier alpha value is -2.81. The highest BCUT2D eigenvalue weighted by molar-refractivity contribution is 5.80. The minimum absolute atomic E-state index is 0.359. The molecule has 0 saturated heterocycles. The molecule has 6 nitrogen and oxygen atoms in total. The van der Waals surface area contributed by atoms with Crippen LogP contribution in [-0.4, -0.2) is 19.3 Å². The van der Waals surface area contributed by atoms with Crippen molar-refractivity contribution in [2.45, 2.75) is 13.8 Å². The van der Waals surface area contributed by atoms with Gasteiger partial charge in [-0.3, -0.25) is 4.57 Å². The van der Waals surface area contributed by atoms with Gasteiger partial charge < -0.3 is 5.73 Å². The molecule has 2 aromatic heterocycles. The highest BCUT2D eigenvalue weighted by atomic mass is 15.3. The molecule has 0 aliphatic carbocycles. The van der Waals surface area contributed by atoms with Crippen LogP contribution < -0.4 is 5.73 Å². The molecule has 0 unspecified atom stereocenters. The summed E-state index contributed by atoms with van der Waals surface area (Å²) in [4.78, 5) is 4.36. The first-order valence-electron chi connectivity index (χ1n) is 6.22. The molecule has 0 aliphatic rings. The van der Waals surface area contributed by atoms with Crippen LogP contribution in [-0.2, 0) is 7.05 Å². The summed E-state index contributed by atoms with van der Waals surface area (Å²) in [6.07, 6.45) is 0. The Balaban J connectivity index is 2.45. The van der Waals surface area contributed by atoms with Crippen LogP contribution in [0, 0.1) is 25.2 Å². The van der Waals surface area contributed by atoms with Crippen LogP contribution in [0.4, 0.5) is 5.95 Å². The number of aryl methyl sites for hydroxylation is 3. The summed E-state index contributed by atoms with van der Waals surface area (Å²) in [6, 6.07) is 7.91. The molecule has 0 atom stereocenters. The summed E-state index contributed by atoms with van der Waals surface area (Å²) >= 11 is 0. The summed E-state index contributed by atoms with van der Waals surface area (Å²) in [6.45, 7) is 3.79. The number of nitrogens with zero attached hydrogens (tertiary/aromatic N) is 5. The number of nitriles is 1. The van der Waals surface area contributed by atoms with Crippen LogP contribution in [0.3, 0.4) is 0 Å². The van der Waals surface area contributed by atoms with Gasteiger partial charge in [0.25, 0.3) is 0 Å². The van der Waals surface area contributed by atoms with Crippen molar-refractivity contribution in [2.75, 3.05) is 5.73 Å². The zero-order chi connectivity index (χ0) is 14.4. The lowest BCUT2D eigenvalue weighted by molar-refractivity contribution is 0.762. The van der Waals surface area contributed by atoms with Crippen LogP contribution >= 0.6 is 0 Å². The summed E-state index contributed by atoms with van der Waals surface area (Å²) in [5.74, 6) is 0.359. The van der Waals surface area contributed by atoms with E-state index in [0.29, 0.717) is 11.5 Å². The van der Waals surface area contributed by atoms with Gasteiger partial charge in [-0.2, -0.15) is 10.4 Å². The molecule has 0 saturated carbocycles. The quantitative estimate of drug-likeness (QED) is 0.728. The average Bonchev–Trinajstić information content (AvgIpc) is 2.87. The Bertz CT molecular complexity index is 862. The topological polar surface area (TPSA) is 85.5 Å². The van der Waals surface area contributed by atoms with Gasteiger partial charge in [0, 0.05) is 7.05 Å². The maximum Gasteiger partial charge on any atom is 0.207 e. The molecule has 100 valence electrons. The monoisotopic (exact) mass is 266 g/mol. The minimum atomic E-state index is 0.359. The first-order valence-corrected chi connectivity index (χ1v) is 6.22. The van der Waals surface area contributed by atoms with Crippen molar-refractivity contribution >= 4 is 17.1 Å². The number of anilines is 1. The lowest BCUT2D eigenvalue weighted by Crippen LogP contribution is -2.07. The molecular formula is C14H14N6. The molecule has 3 aromatic rings. The highest BCUT2D eigenvalue weighted by Gasteiger charge is 2.19. The Morgan fingerprint density at radius 2 is 2.05 bits per heavy atom. The minimum Gasteiger partial charge on any atom is -0.369 e. The molecule has 0 fully saturated rings. The third kappa shape index (κ3) is 1.50. The zero-order valence-electron chi connectivity index (χ0n) is 11.5. The third-order valence-corrected chi connectivity index (χ3v) is 3.43. The van der Waals surface area contributed by atoms with E-state index >= 15 is 0 Å². The van der Waals surface area contributed by atoms with Crippen LogP contribution in [0.15, 0.2) is 18.2 Å². The fourth-order valence-corrected chi connectivity index (χ4v) is 2.51.